The maximum atomic E-state index is 9.00. The molecule has 15 heavy (non-hydrogen) atoms. The van der Waals surface area contributed by atoms with E-state index in [-0.39, 0.29) is 12.6 Å². The Morgan fingerprint density at radius 2 is 2.47 bits per heavy atom. The van der Waals surface area contributed by atoms with Gasteiger partial charge in [-0.3, -0.25) is 0 Å². The lowest BCUT2D eigenvalue weighted by atomic mass is 10.2. The molecular weight excluding hydrogens is 210 g/mol. The van der Waals surface area contributed by atoms with Crippen LogP contribution in [0.25, 0.3) is 10.7 Å². The van der Waals surface area contributed by atoms with Crippen molar-refractivity contribution in [3.8, 4) is 10.7 Å². The van der Waals surface area contributed by atoms with Crippen LogP contribution in [0.2, 0.25) is 0 Å². The topological polar surface area (TPSA) is 74.9 Å². The second-order valence-electron chi connectivity index (χ2n) is 3.34. The van der Waals surface area contributed by atoms with Gasteiger partial charge >= 0.3 is 0 Å². The van der Waals surface area contributed by atoms with E-state index in [0.717, 1.165) is 21.3 Å². The number of aromatic nitrogens is 2. The Balaban J connectivity index is 2.37. The van der Waals surface area contributed by atoms with Crippen molar-refractivity contribution < 1.29 is 5.11 Å². The molecule has 1 unspecified atom stereocenters. The van der Waals surface area contributed by atoms with Crippen molar-refractivity contribution in [2.45, 2.75) is 13.0 Å². The van der Waals surface area contributed by atoms with Gasteiger partial charge < -0.3 is 15.8 Å². The van der Waals surface area contributed by atoms with Crippen LogP contribution in [-0.4, -0.2) is 21.7 Å². The molecule has 2 rings (SSSR count). The molecule has 4 nitrogen and oxygen atoms in total. The van der Waals surface area contributed by atoms with E-state index in [1.165, 1.54) is 11.3 Å². The van der Waals surface area contributed by atoms with Crippen molar-refractivity contribution in [3.63, 3.8) is 0 Å². The molecular formula is C10H13N3OS. The third kappa shape index (κ3) is 1.94. The minimum Gasteiger partial charge on any atom is -0.394 e. The highest BCUT2D eigenvalue weighted by Gasteiger charge is 2.14. The van der Waals surface area contributed by atoms with Crippen molar-refractivity contribution in [3.05, 3.63) is 28.9 Å². The van der Waals surface area contributed by atoms with E-state index in [0.29, 0.717) is 0 Å². The van der Waals surface area contributed by atoms with E-state index in [1.807, 2.05) is 25.3 Å². The van der Waals surface area contributed by atoms with Gasteiger partial charge in [-0.2, -0.15) is 0 Å². The lowest BCUT2D eigenvalue weighted by Crippen LogP contribution is -2.13. The SMILES string of the molecule is Cc1nc(-c2ccc[nH]2)sc1C(N)CO. The Hall–Kier alpha value is -1.17. The first-order valence-electron chi connectivity index (χ1n) is 4.70. The van der Waals surface area contributed by atoms with Crippen LogP contribution in [-0.2, 0) is 0 Å². The van der Waals surface area contributed by atoms with Crippen LogP contribution >= 0.6 is 11.3 Å². The number of thiazole rings is 1. The number of aliphatic hydroxyl groups is 1. The van der Waals surface area contributed by atoms with Gasteiger partial charge in [-0.25, -0.2) is 4.98 Å². The van der Waals surface area contributed by atoms with Gasteiger partial charge in [0.2, 0.25) is 0 Å². The number of hydrogen-bond acceptors (Lipinski definition) is 4. The van der Waals surface area contributed by atoms with E-state index in [9.17, 15) is 0 Å². The van der Waals surface area contributed by atoms with Crippen molar-refractivity contribution >= 4 is 11.3 Å². The van der Waals surface area contributed by atoms with Gasteiger partial charge in [0.15, 0.2) is 0 Å². The molecule has 0 amide bonds. The van der Waals surface area contributed by atoms with Crippen LogP contribution in [0.15, 0.2) is 18.3 Å². The fourth-order valence-electron chi connectivity index (χ4n) is 1.41. The van der Waals surface area contributed by atoms with E-state index in [1.54, 1.807) is 0 Å². The van der Waals surface area contributed by atoms with Gasteiger partial charge in [0.05, 0.1) is 24.0 Å². The lowest BCUT2D eigenvalue weighted by Gasteiger charge is -2.04. The van der Waals surface area contributed by atoms with Gasteiger partial charge in [0.1, 0.15) is 5.01 Å². The van der Waals surface area contributed by atoms with E-state index in [4.69, 9.17) is 10.8 Å². The number of rotatable bonds is 3. The van der Waals surface area contributed by atoms with Crippen LogP contribution in [0.1, 0.15) is 16.6 Å². The molecule has 2 aromatic rings. The fraction of sp³-hybridized carbons (Fsp3) is 0.300. The van der Waals surface area contributed by atoms with Gasteiger partial charge in [-0.1, -0.05) is 0 Å². The maximum absolute atomic E-state index is 9.00. The second kappa shape index (κ2) is 4.14. The smallest absolute Gasteiger partial charge is 0.140 e. The molecule has 0 aliphatic carbocycles. The molecule has 0 aromatic carbocycles. The summed E-state index contributed by atoms with van der Waals surface area (Å²) in [4.78, 5) is 8.46. The van der Waals surface area contributed by atoms with Crippen LogP contribution in [0.3, 0.4) is 0 Å². The first kappa shape index (κ1) is 10.4. The predicted molar refractivity (Wildman–Crippen MR) is 60.7 cm³/mol. The summed E-state index contributed by atoms with van der Waals surface area (Å²) in [5.74, 6) is 0. The fourth-order valence-corrected chi connectivity index (χ4v) is 2.46. The summed E-state index contributed by atoms with van der Waals surface area (Å²) in [6, 6.07) is 3.57. The average Bonchev–Trinajstić information content (AvgIpc) is 2.84. The van der Waals surface area contributed by atoms with Crippen molar-refractivity contribution in [2.75, 3.05) is 6.61 Å². The van der Waals surface area contributed by atoms with Crippen molar-refractivity contribution in [2.24, 2.45) is 5.73 Å². The van der Waals surface area contributed by atoms with Gasteiger partial charge in [0, 0.05) is 11.1 Å². The standard InChI is InChI=1S/C10H13N3OS/c1-6-9(7(11)5-14)15-10(13-6)8-3-2-4-12-8/h2-4,7,12,14H,5,11H2,1H3. The monoisotopic (exact) mass is 223 g/mol. The summed E-state index contributed by atoms with van der Waals surface area (Å²) in [5.41, 5.74) is 7.65. The molecule has 5 heteroatoms. The summed E-state index contributed by atoms with van der Waals surface area (Å²) in [6.45, 7) is 1.86. The van der Waals surface area contributed by atoms with Crippen LogP contribution in [0, 0.1) is 6.92 Å². The summed E-state index contributed by atoms with van der Waals surface area (Å²) < 4.78 is 0. The number of nitrogens with zero attached hydrogens (tertiary/aromatic N) is 1. The molecule has 0 radical (unpaired) electrons. The normalized spacial score (nSPS) is 13.0. The number of aliphatic hydroxyl groups excluding tert-OH is 1. The van der Waals surface area contributed by atoms with Gasteiger partial charge in [0.25, 0.3) is 0 Å². The van der Waals surface area contributed by atoms with Crippen molar-refractivity contribution in [1.29, 1.82) is 0 Å². The quantitative estimate of drug-likeness (QED) is 0.737. The Morgan fingerprint density at radius 1 is 1.67 bits per heavy atom. The molecule has 0 saturated carbocycles. The lowest BCUT2D eigenvalue weighted by molar-refractivity contribution is 0.269. The highest BCUT2D eigenvalue weighted by molar-refractivity contribution is 7.15. The Kier molecular flexibility index (Phi) is 2.86. The molecule has 0 fully saturated rings. The number of hydrogen-bond donors (Lipinski definition) is 3. The Labute approximate surface area is 91.8 Å². The summed E-state index contributed by atoms with van der Waals surface area (Å²) in [6.07, 6.45) is 1.86. The highest BCUT2D eigenvalue weighted by atomic mass is 32.1. The second-order valence-corrected chi connectivity index (χ2v) is 4.37. The molecule has 80 valence electrons. The minimum atomic E-state index is -0.328. The molecule has 2 heterocycles. The number of nitrogens with two attached hydrogens (primary N) is 1. The van der Waals surface area contributed by atoms with Gasteiger partial charge in [-0.05, 0) is 19.1 Å². The van der Waals surface area contributed by atoms with Crippen LogP contribution in [0.4, 0.5) is 0 Å². The first-order chi connectivity index (χ1) is 7.22. The first-order valence-corrected chi connectivity index (χ1v) is 5.51. The largest absolute Gasteiger partial charge is 0.394 e. The van der Waals surface area contributed by atoms with Crippen LogP contribution < -0.4 is 5.73 Å². The third-order valence-electron chi connectivity index (χ3n) is 2.19. The number of aromatic amines is 1. The molecule has 4 N–H and O–H groups in total. The predicted octanol–water partition coefficient (Wildman–Crippen LogP) is 1.44. The third-order valence-corrected chi connectivity index (χ3v) is 3.52. The van der Waals surface area contributed by atoms with E-state index < -0.39 is 0 Å². The Morgan fingerprint density at radius 3 is 3.07 bits per heavy atom. The maximum Gasteiger partial charge on any atom is 0.140 e. The zero-order valence-electron chi connectivity index (χ0n) is 8.40. The summed E-state index contributed by atoms with van der Waals surface area (Å²) >= 11 is 1.52. The highest BCUT2D eigenvalue weighted by Crippen LogP contribution is 2.29. The number of aryl methyl sites for hydroxylation is 1. The number of H-pyrrole nitrogens is 1. The summed E-state index contributed by atoms with van der Waals surface area (Å²) in [5, 5.41) is 9.91. The van der Waals surface area contributed by atoms with Crippen LogP contribution in [0.5, 0.6) is 0 Å². The zero-order valence-corrected chi connectivity index (χ0v) is 9.21. The van der Waals surface area contributed by atoms with E-state index >= 15 is 0 Å². The molecule has 1 atom stereocenters. The molecule has 0 saturated heterocycles. The molecule has 0 aliphatic rings. The minimum absolute atomic E-state index is 0.0484. The number of nitrogens with one attached hydrogen (secondary N) is 1. The zero-order chi connectivity index (χ0) is 10.8. The Bertz CT molecular complexity index is 435. The molecule has 0 spiro atoms. The van der Waals surface area contributed by atoms with E-state index in [2.05, 4.69) is 9.97 Å². The van der Waals surface area contributed by atoms with Gasteiger partial charge in [-0.15, -0.1) is 11.3 Å². The summed E-state index contributed by atoms with van der Waals surface area (Å²) in [7, 11) is 0. The molecule has 0 bridgehead atoms. The molecule has 0 aliphatic heterocycles. The molecule has 2 aromatic heterocycles. The van der Waals surface area contributed by atoms with Crippen molar-refractivity contribution in [1.82, 2.24) is 9.97 Å². The average molecular weight is 223 g/mol.